The van der Waals surface area contributed by atoms with E-state index in [9.17, 15) is 13.2 Å². The maximum absolute atomic E-state index is 15.5. The van der Waals surface area contributed by atoms with E-state index in [4.69, 9.17) is 4.74 Å². The molecule has 0 spiro atoms. The van der Waals surface area contributed by atoms with Gasteiger partial charge in [-0.25, -0.2) is 18.8 Å². The number of hydrogen-bond donors (Lipinski definition) is 2. The van der Waals surface area contributed by atoms with Gasteiger partial charge in [0.1, 0.15) is 17.3 Å². The molecule has 198 valence electrons. The van der Waals surface area contributed by atoms with E-state index in [1.807, 2.05) is 19.1 Å². The molecule has 0 unspecified atom stereocenters. The Morgan fingerprint density at radius 2 is 2.00 bits per heavy atom. The van der Waals surface area contributed by atoms with Crippen molar-refractivity contribution >= 4 is 11.4 Å². The smallest absolute Gasteiger partial charge is 0.392 e. The molecule has 3 aromatic rings. The van der Waals surface area contributed by atoms with Crippen LogP contribution in [0.4, 0.5) is 22.0 Å². The average molecular weight is 522 g/mol. The highest BCUT2D eigenvalue weighted by molar-refractivity contribution is 6.01. The summed E-state index contributed by atoms with van der Waals surface area (Å²) < 4.78 is 78.7. The van der Waals surface area contributed by atoms with Crippen LogP contribution >= 0.6 is 0 Å². The van der Waals surface area contributed by atoms with Crippen molar-refractivity contribution in [1.82, 2.24) is 20.0 Å². The van der Waals surface area contributed by atoms with E-state index in [1.165, 1.54) is 7.05 Å². The van der Waals surface area contributed by atoms with Crippen LogP contribution in [0, 0.1) is 18.6 Å². The molecular weight excluding hydrogens is 493 g/mol. The van der Waals surface area contributed by atoms with Crippen molar-refractivity contribution < 1.29 is 26.7 Å². The summed E-state index contributed by atoms with van der Waals surface area (Å²) in [6.07, 6.45) is -2.06. The third-order valence-electron chi connectivity index (χ3n) is 6.08. The third-order valence-corrected chi connectivity index (χ3v) is 6.08. The fourth-order valence-electron chi connectivity index (χ4n) is 4.33. The number of aliphatic imine (C=N–C) groups is 1. The molecule has 1 atom stereocenters. The molecule has 0 amide bonds. The number of morpholine rings is 1. The van der Waals surface area contributed by atoms with Gasteiger partial charge in [0.05, 0.1) is 29.7 Å². The Bertz CT molecular complexity index is 1320. The van der Waals surface area contributed by atoms with Gasteiger partial charge in [-0.2, -0.15) is 13.2 Å². The number of rotatable bonds is 7. The molecule has 6 nitrogen and oxygen atoms in total. The first-order valence-corrected chi connectivity index (χ1v) is 11.9. The van der Waals surface area contributed by atoms with Crippen LogP contribution in [0.5, 0.6) is 0 Å². The molecule has 2 N–H and O–H groups in total. The zero-order valence-electron chi connectivity index (χ0n) is 20.7. The number of allylic oxidation sites excluding steroid dienone is 1. The Balaban J connectivity index is 1.82. The SMILES string of the molecule is CCC(=N/C(=C\NC)C(F)(F)F)c1cc(F)c(-c2nc3cc(C)ccn3c2C[C@H]2CNCCO2)c(F)c1. The molecule has 1 aliphatic heterocycles. The van der Waals surface area contributed by atoms with Crippen LogP contribution in [-0.4, -0.2) is 54.1 Å². The van der Waals surface area contributed by atoms with Gasteiger partial charge in [-0.1, -0.05) is 6.92 Å². The first-order valence-electron chi connectivity index (χ1n) is 11.9. The standard InChI is InChI=1S/C26H28F5N5O/c1-4-20(34-22(14-32-3)26(29,30)31)16-10-18(27)24(19(28)11-16)25-21(12-17-13-33-6-8-37-17)36-7-5-15(2)9-23(36)35-25/h5,7,9-11,14,17,32-33H,4,6,8,12-13H2,1-3H3/b22-14-,34-20?/t17-/m0/s1. The summed E-state index contributed by atoms with van der Waals surface area (Å²) >= 11 is 0. The number of ether oxygens (including phenoxy) is 1. The van der Waals surface area contributed by atoms with Crippen molar-refractivity contribution in [3.05, 3.63) is 70.8 Å². The fraction of sp³-hybridized carbons (Fsp3) is 0.385. The number of hydrogen-bond acceptors (Lipinski definition) is 5. The van der Waals surface area contributed by atoms with Crippen LogP contribution in [0.15, 0.2) is 47.4 Å². The van der Waals surface area contributed by atoms with Crippen molar-refractivity contribution in [1.29, 1.82) is 0 Å². The number of aryl methyl sites for hydroxylation is 1. The monoisotopic (exact) mass is 521 g/mol. The van der Waals surface area contributed by atoms with Crippen LogP contribution in [0.3, 0.4) is 0 Å². The molecule has 4 rings (SSSR count). The van der Waals surface area contributed by atoms with Crippen molar-refractivity contribution in [2.45, 2.75) is 39.0 Å². The minimum atomic E-state index is -4.74. The van der Waals surface area contributed by atoms with Crippen LogP contribution in [0.2, 0.25) is 0 Å². The molecule has 3 heterocycles. The molecular formula is C26H28F5N5O. The van der Waals surface area contributed by atoms with Crippen molar-refractivity contribution in [2.75, 3.05) is 26.7 Å². The average Bonchev–Trinajstić information content (AvgIpc) is 3.17. The molecule has 0 radical (unpaired) electrons. The number of fused-ring (bicyclic) bond motifs is 1. The summed E-state index contributed by atoms with van der Waals surface area (Å²) in [7, 11) is 1.31. The summed E-state index contributed by atoms with van der Waals surface area (Å²) in [4.78, 5) is 8.20. The van der Waals surface area contributed by atoms with E-state index in [2.05, 4.69) is 20.6 Å². The molecule has 11 heteroatoms. The van der Waals surface area contributed by atoms with Crippen LogP contribution < -0.4 is 10.6 Å². The lowest BCUT2D eigenvalue weighted by atomic mass is 10.00. The Morgan fingerprint density at radius 1 is 1.27 bits per heavy atom. The number of aromatic nitrogens is 2. The summed E-state index contributed by atoms with van der Waals surface area (Å²) in [5, 5.41) is 5.55. The highest BCUT2D eigenvalue weighted by Gasteiger charge is 2.34. The molecule has 1 aromatic carbocycles. The summed E-state index contributed by atoms with van der Waals surface area (Å²) in [5.74, 6) is -1.88. The van der Waals surface area contributed by atoms with Gasteiger partial charge in [0, 0.05) is 50.2 Å². The van der Waals surface area contributed by atoms with Gasteiger partial charge in [-0.15, -0.1) is 0 Å². The zero-order valence-corrected chi connectivity index (χ0v) is 20.7. The Morgan fingerprint density at radius 3 is 2.59 bits per heavy atom. The largest absolute Gasteiger partial charge is 0.434 e. The van der Waals surface area contributed by atoms with E-state index in [0.29, 0.717) is 37.1 Å². The van der Waals surface area contributed by atoms with Gasteiger partial charge in [-0.3, -0.25) is 0 Å². The molecule has 0 bridgehead atoms. The van der Waals surface area contributed by atoms with E-state index in [0.717, 1.165) is 24.2 Å². The number of nitrogens with zero attached hydrogens (tertiary/aromatic N) is 3. The lowest BCUT2D eigenvalue weighted by molar-refractivity contribution is -0.0926. The molecule has 37 heavy (non-hydrogen) atoms. The minimum Gasteiger partial charge on any atom is -0.392 e. The van der Waals surface area contributed by atoms with Crippen molar-refractivity contribution in [3.63, 3.8) is 0 Å². The zero-order chi connectivity index (χ0) is 26.7. The van der Waals surface area contributed by atoms with Crippen LogP contribution in [0.1, 0.15) is 30.2 Å². The number of halogens is 5. The Kier molecular flexibility index (Phi) is 7.93. The topological polar surface area (TPSA) is 63.0 Å². The van der Waals surface area contributed by atoms with Crippen molar-refractivity contribution in [2.24, 2.45) is 4.99 Å². The molecule has 2 aromatic heterocycles. The summed E-state index contributed by atoms with van der Waals surface area (Å²) in [6.45, 7) is 5.29. The molecule has 1 aliphatic rings. The van der Waals surface area contributed by atoms with Gasteiger partial charge >= 0.3 is 6.18 Å². The number of benzene rings is 1. The number of nitrogens with one attached hydrogen (secondary N) is 2. The van der Waals surface area contributed by atoms with Gasteiger partial charge < -0.3 is 19.8 Å². The minimum absolute atomic E-state index is 0.0280. The Hall–Kier alpha value is -3.31. The second-order valence-corrected chi connectivity index (χ2v) is 8.78. The number of alkyl halides is 3. The normalized spacial score (nSPS) is 17.5. The predicted molar refractivity (Wildman–Crippen MR) is 132 cm³/mol. The third kappa shape index (κ3) is 5.83. The van der Waals surface area contributed by atoms with Gasteiger partial charge in [-0.05, 0) is 43.2 Å². The molecule has 1 fully saturated rings. The Labute approximate surface area is 211 Å². The van der Waals surface area contributed by atoms with Crippen molar-refractivity contribution in [3.8, 4) is 11.3 Å². The van der Waals surface area contributed by atoms with Crippen LogP contribution in [-0.2, 0) is 11.2 Å². The van der Waals surface area contributed by atoms with Gasteiger partial charge in [0.2, 0.25) is 0 Å². The maximum Gasteiger partial charge on any atom is 0.434 e. The van der Waals surface area contributed by atoms with E-state index in [-0.39, 0.29) is 35.1 Å². The highest BCUT2D eigenvalue weighted by atomic mass is 19.4. The van der Waals surface area contributed by atoms with E-state index >= 15 is 8.78 Å². The van der Waals surface area contributed by atoms with E-state index < -0.39 is 23.5 Å². The number of imidazole rings is 1. The summed E-state index contributed by atoms with van der Waals surface area (Å²) in [5.41, 5.74) is 0.444. The lowest BCUT2D eigenvalue weighted by Gasteiger charge is -2.24. The molecule has 0 saturated carbocycles. The first-order chi connectivity index (χ1) is 17.6. The predicted octanol–water partition coefficient (Wildman–Crippen LogP) is 4.94. The van der Waals surface area contributed by atoms with E-state index in [1.54, 1.807) is 17.5 Å². The van der Waals surface area contributed by atoms with Gasteiger partial charge in [0.25, 0.3) is 0 Å². The first kappa shape index (κ1) is 26.7. The maximum atomic E-state index is 15.5. The molecule has 0 aliphatic carbocycles. The fourth-order valence-corrected chi connectivity index (χ4v) is 4.33. The molecule has 1 saturated heterocycles. The van der Waals surface area contributed by atoms with Crippen LogP contribution in [0.25, 0.3) is 16.9 Å². The summed E-state index contributed by atoms with van der Waals surface area (Å²) in [6, 6.07) is 5.70. The van der Waals surface area contributed by atoms with Gasteiger partial charge in [0.15, 0.2) is 5.70 Å². The lowest BCUT2D eigenvalue weighted by Crippen LogP contribution is -2.39. The second kappa shape index (κ2) is 11.0. The second-order valence-electron chi connectivity index (χ2n) is 8.78. The number of pyridine rings is 1. The quantitative estimate of drug-likeness (QED) is 0.342. The highest BCUT2D eigenvalue weighted by Crippen LogP contribution is 2.33.